The molecule has 1 aromatic carbocycles. The lowest BCUT2D eigenvalue weighted by Crippen LogP contribution is -2.31. The van der Waals surface area contributed by atoms with Gasteiger partial charge in [-0.15, -0.1) is 0 Å². The van der Waals surface area contributed by atoms with Crippen LogP contribution in [0.3, 0.4) is 0 Å². The van der Waals surface area contributed by atoms with Gasteiger partial charge in [0.1, 0.15) is 5.82 Å². The molecule has 0 radical (unpaired) electrons. The lowest BCUT2D eigenvalue weighted by molar-refractivity contribution is 0.247. The Morgan fingerprint density at radius 2 is 1.95 bits per heavy atom. The fourth-order valence-electron chi connectivity index (χ4n) is 2.31. The van der Waals surface area contributed by atoms with Gasteiger partial charge in [0.15, 0.2) is 0 Å². The second-order valence-electron chi connectivity index (χ2n) is 6.43. The summed E-state index contributed by atoms with van der Waals surface area (Å²) in [4.78, 5) is 2.17. The van der Waals surface area contributed by atoms with Crippen molar-refractivity contribution in [2.45, 2.75) is 46.1 Å². The van der Waals surface area contributed by atoms with Crippen LogP contribution in [0.4, 0.5) is 4.39 Å². The van der Waals surface area contributed by atoms with E-state index in [1.54, 1.807) is 6.07 Å². The van der Waals surface area contributed by atoms with Gasteiger partial charge in [0, 0.05) is 17.0 Å². The maximum Gasteiger partial charge on any atom is 0.127 e. The van der Waals surface area contributed by atoms with Crippen molar-refractivity contribution in [1.29, 1.82) is 5.41 Å². The average molecular weight is 293 g/mol. The third-order valence-electron chi connectivity index (χ3n) is 4.31. The molecule has 0 saturated heterocycles. The van der Waals surface area contributed by atoms with Crippen molar-refractivity contribution >= 4 is 5.84 Å². The number of nitrogens with one attached hydrogen (secondary N) is 1. The number of benzene rings is 1. The summed E-state index contributed by atoms with van der Waals surface area (Å²) in [7, 11) is 2.02. The van der Waals surface area contributed by atoms with Crippen LogP contribution in [-0.4, -0.2) is 24.3 Å². The van der Waals surface area contributed by atoms with Crippen molar-refractivity contribution < 1.29 is 4.39 Å². The molecule has 0 amide bonds. The average Bonchev–Trinajstić information content (AvgIpc) is 2.43. The summed E-state index contributed by atoms with van der Waals surface area (Å²) in [6.45, 7) is 6.93. The van der Waals surface area contributed by atoms with E-state index in [4.69, 9.17) is 11.1 Å². The van der Waals surface area contributed by atoms with Crippen LogP contribution in [0.2, 0.25) is 0 Å². The highest BCUT2D eigenvalue weighted by Crippen LogP contribution is 2.24. The zero-order valence-corrected chi connectivity index (χ0v) is 13.6. The van der Waals surface area contributed by atoms with Gasteiger partial charge >= 0.3 is 0 Å². The molecule has 0 bridgehead atoms. The van der Waals surface area contributed by atoms with E-state index < -0.39 is 0 Å². The van der Waals surface area contributed by atoms with E-state index in [0.717, 1.165) is 31.4 Å². The first kappa shape index (κ1) is 17.6. The molecule has 0 aliphatic heterocycles. The molecule has 1 aromatic rings. The topological polar surface area (TPSA) is 53.1 Å². The summed E-state index contributed by atoms with van der Waals surface area (Å²) in [5.74, 6) is 0.102. The summed E-state index contributed by atoms with van der Waals surface area (Å²) < 4.78 is 13.8. The van der Waals surface area contributed by atoms with E-state index in [1.165, 1.54) is 6.07 Å². The van der Waals surface area contributed by atoms with Crippen LogP contribution in [0.1, 0.15) is 51.6 Å². The van der Waals surface area contributed by atoms with E-state index in [-0.39, 0.29) is 23.1 Å². The predicted octanol–water partition coefficient (Wildman–Crippen LogP) is 3.95. The van der Waals surface area contributed by atoms with Crippen LogP contribution >= 0.6 is 0 Å². The standard InChI is InChI=1S/C17H28FN3/c1-13(14-9-5-6-10-15(14)18)21(4)12-8-7-11-17(2,3)16(19)20/h5-6,9-10,13H,7-8,11-12H2,1-4H3,(H3,19,20). The number of amidine groups is 1. The quantitative estimate of drug-likeness (QED) is 0.433. The van der Waals surface area contributed by atoms with Gasteiger partial charge in [0.2, 0.25) is 0 Å². The number of halogens is 1. The van der Waals surface area contributed by atoms with Gasteiger partial charge in [-0.25, -0.2) is 4.39 Å². The van der Waals surface area contributed by atoms with Crippen LogP contribution in [-0.2, 0) is 0 Å². The number of rotatable bonds is 8. The number of unbranched alkanes of at least 4 members (excludes halogenated alkanes) is 1. The molecule has 0 saturated carbocycles. The van der Waals surface area contributed by atoms with E-state index in [0.29, 0.717) is 0 Å². The lowest BCUT2D eigenvalue weighted by atomic mass is 9.86. The maximum absolute atomic E-state index is 13.8. The number of hydrogen-bond acceptors (Lipinski definition) is 2. The van der Waals surface area contributed by atoms with Crippen molar-refractivity contribution in [2.24, 2.45) is 11.1 Å². The molecule has 0 aromatic heterocycles. The molecule has 0 fully saturated rings. The van der Waals surface area contributed by atoms with Crippen LogP contribution in [0.15, 0.2) is 24.3 Å². The number of nitrogens with two attached hydrogens (primary N) is 1. The predicted molar refractivity (Wildman–Crippen MR) is 87.0 cm³/mol. The van der Waals surface area contributed by atoms with Crippen molar-refractivity contribution in [3.05, 3.63) is 35.6 Å². The maximum atomic E-state index is 13.8. The van der Waals surface area contributed by atoms with E-state index in [9.17, 15) is 4.39 Å². The Hall–Kier alpha value is -1.42. The summed E-state index contributed by atoms with van der Waals surface area (Å²) in [6.07, 6.45) is 2.94. The van der Waals surface area contributed by atoms with Crippen LogP contribution in [0.25, 0.3) is 0 Å². The fourth-order valence-corrected chi connectivity index (χ4v) is 2.31. The minimum Gasteiger partial charge on any atom is -0.387 e. The molecule has 1 rings (SSSR count). The normalized spacial score (nSPS) is 13.4. The largest absolute Gasteiger partial charge is 0.387 e. The van der Waals surface area contributed by atoms with Crippen LogP contribution < -0.4 is 5.73 Å². The second kappa shape index (κ2) is 7.55. The smallest absolute Gasteiger partial charge is 0.127 e. The SMILES string of the molecule is CC(c1ccccc1F)N(C)CCCCC(C)(C)C(=N)N. The second-order valence-corrected chi connectivity index (χ2v) is 6.43. The van der Waals surface area contributed by atoms with Gasteiger partial charge in [-0.05, 0) is 39.4 Å². The van der Waals surface area contributed by atoms with Crippen LogP contribution in [0.5, 0.6) is 0 Å². The van der Waals surface area contributed by atoms with Crippen molar-refractivity contribution in [3.8, 4) is 0 Å². The first-order valence-corrected chi connectivity index (χ1v) is 7.55. The highest BCUT2D eigenvalue weighted by Gasteiger charge is 2.21. The molecule has 0 spiro atoms. The van der Waals surface area contributed by atoms with Crippen LogP contribution in [0, 0.1) is 16.6 Å². The zero-order chi connectivity index (χ0) is 16.0. The Morgan fingerprint density at radius 3 is 2.52 bits per heavy atom. The highest BCUT2D eigenvalue weighted by molar-refractivity contribution is 5.82. The molecular formula is C17H28FN3. The molecule has 0 aliphatic carbocycles. The van der Waals surface area contributed by atoms with Gasteiger partial charge in [-0.1, -0.05) is 38.5 Å². The Balaban J connectivity index is 2.42. The van der Waals surface area contributed by atoms with Gasteiger partial charge in [-0.3, -0.25) is 10.3 Å². The highest BCUT2D eigenvalue weighted by atomic mass is 19.1. The Labute approximate surface area is 127 Å². The lowest BCUT2D eigenvalue weighted by Gasteiger charge is -2.27. The fraction of sp³-hybridized carbons (Fsp3) is 0.588. The Kier molecular flexibility index (Phi) is 6.34. The molecule has 118 valence electrons. The zero-order valence-electron chi connectivity index (χ0n) is 13.6. The van der Waals surface area contributed by atoms with Gasteiger partial charge in [-0.2, -0.15) is 0 Å². The molecule has 0 heterocycles. The van der Waals surface area contributed by atoms with E-state index >= 15 is 0 Å². The molecule has 0 aliphatic rings. The van der Waals surface area contributed by atoms with E-state index in [2.05, 4.69) is 4.90 Å². The first-order chi connectivity index (χ1) is 9.75. The Morgan fingerprint density at radius 1 is 1.33 bits per heavy atom. The van der Waals surface area contributed by atoms with E-state index in [1.807, 2.05) is 40.0 Å². The molecular weight excluding hydrogens is 265 g/mol. The number of nitrogens with zero attached hydrogens (tertiary/aromatic N) is 1. The molecule has 3 nitrogen and oxygen atoms in total. The molecule has 21 heavy (non-hydrogen) atoms. The number of hydrogen-bond donors (Lipinski definition) is 2. The summed E-state index contributed by atoms with van der Waals surface area (Å²) in [5.41, 5.74) is 6.10. The van der Waals surface area contributed by atoms with Gasteiger partial charge in [0.25, 0.3) is 0 Å². The molecule has 4 heteroatoms. The third-order valence-corrected chi connectivity index (χ3v) is 4.31. The Bertz CT molecular complexity index is 471. The van der Waals surface area contributed by atoms with Gasteiger partial charge in [0.05, 0.1) is 5.84 Å². The summed E-state index contributed by atoms with van der Waals surface area (Å²) >= 11 is 0. The van der Waals surface area contributed by atoms with Gasteiger partial charge < -0.3 is 5.73 Å². The summed E-state index contributed by atoms with van der Waals surface area (Å²) in [6, 6.07) is 7.00. The first-order valence-electron chi connectivity index (χ1n) is 7.55. The summed E-state index contributed by atoms with van der Waals surface area (Å²) in [5, 5.41) is 7.55. The monoisotopic (exact) mass is 293 g/mol. The molecule has 3 N–H and O–H groups in total. The van der Waals surface area contributed by atoms with Crippen molar-refractivity contribution in [2.75, 3.05) is 13.6 Å². The molecule has 1 atom stereocenters. The van der Waals surface area contributed by atoms with Crippen molar-refractivity contribution in [1.82, 2.24) is 4.90 Å². The molecule has 1 unspecified atom stereocenters. The van der Waals surface area contributed by atoms with Crippen molar-refractivity contribution in [3.63, 3.8) is 0 Å². The third kappa shape index (κ3) is 5.12. The minimum absolute atomic E-state index is 0.0621. The minimum atomic E-state index is -0.226.